The summed E-state index contributed by atoms with van der Waals surface area (Å²) in [5.41, 5.74) is 1.67. The van der Waals surface area contributed by atoms with Gasteiger partial charge in [-0.2, -0.15) is 0 Å². The molecule has 1 saturated carbocycles. The zero-order valence-electron chi connectivity index (χ0n) is 14.5. The Balaban J connectivity index is 1.58. The van der Waals surface area contributed by atoms with Crippen molar-refractivity contribution in [1.29, 1.82) is 0 Å². The number of hydrogen-bond donors (Lipinski definition) is 1. The number of rotatable bonds is 7. The third-order valence-electron chi connectivity index (χ3n) is 4.44. The van der Waals surface area contributed by atoms with Gasteiger partial charge in [-0.3, -0.25) is 9.78 Å². The molecule has 25 heavy (non-hydrogen) atoms. The Morgan fingerprint density at radius 1 is 1.24 bits per heavy atom. The van der Waals surface area contributed by atoms with Crippen LogP contribution in [0.3, 0.4) is 0 Å². The highest BCUT2D eigenvalue weighted by molar-refractivity contribution is 5.94. The van der Waals surface area contributed by atoms with E-state index in [1.54, 1.807) is 25.4 Å². The van der Waals surface area contributed by atoms with Crippen LogP contribution in [0.4, 0.5) is 0 Å². The molecule has 1 aliphatic rings. The second-order valence-electron chi connectivity index (χ2n) is 6.26. The molecule has 0 aliphatic heterocycles. The number of benzene rings is 1. The van der Waals surface area contributed by atoms with E-state index in [-0.39, 0.29) is 12.0 Å². The van der Waals surface area contributed by atoms with Crippen molar-refractivity contribution in [2.24, 2.45) is 0 Å². The summed E-state index contributed by atoms with van der Waals surface area (Å²) in [5.74, 6) is 1.20. The van der Waals surface area contributed by atoms with Crippen molar-refractivity contribution in [3.05, 3.63) is 53.9 Å². The number of nitrogens with zero attached hydrogens (tertiary/aromatic N) is 1. The molecule has 0 spiro atoms. The highest BCUT2D eigenvalue weighted by Gasteiger charge is 2.19. The van der Waals surface area contributed by atoms with Crippen molar-refractivity contribution in [2.45, 2.75) is 38.2 Å². The van der Waals surface area contributed by atoms with Gasteiger partial charge >= 0.3 is 0 Å². The number of pyridine rings is 1. The molecule has 0 saturated heterocycles. The number of carbonyl (C=O) groups excluding carboxylic acids is 1. The maximum atomic E-state index is 12.3. The van der Waals surface area contributed by atoms with Crippen LogP contribution in [-0.2, 0) is 6.42 Å². The maximum absolute atomic E-state index is 12.3. The number of hydrogen-bond acceptors (Lipinski definition) is 4. The van der Waals surface area contributed by atoms with Crippen LogP contribution in [0.1, 0.15) is 41.6 Å². The number of ether oxygens (including phenoxy) is 2. The molecule has 5 heteroatoms. The van der Waals surface area contributed by atoms with Crippen LogP contribution in [0.15, 0.2) is 42.7 Å². The van der Waals surface area contributed by atoms with Crippen LogP contribution in [0.2, 0.25) is 0 Å². The summed E-state index contributed by atoms with van der Waals surface area (Å²) in [4.78, 5) is 16.4. The lowest BCUT2D eigenvalue weighted by Gasteiger charge is -2.16. The van der Waals surface area contributed by atoms with Gasteiger partial charge in [0.1, 0.15) is 0 Å². The molecule has 3 rings (SSSR count). The summed E-state index contributed by atoms with van der Waals surface area (Å²) < 4.78 is 11.4. The van der Waals surface area contributed by atoms with E-state index in [0.717, 1.165) is 24.8 Å². The normalized spacial score (nSPS) is 14.3. The molecular weight excluding hydrogens is 316 g/mol. The molecular formula is C20H24N2O3. The van der Waals surface area contributed by atoms with E-state index in [1.165, 1.54) is 12.8 Å². The Bertz CT molecular complexity index is 697. The minimum Gasteiger partial charge on any atom is -0.493 e. The number of methoxy groups -OCH3 is 1. The molecule has 1 amide bonds. The molecule has 0 atom stereocenters. The van der Waals surface area contributed by atoms with Crippen molar-refractivity contribution in [1.82, 2.24) is 10.3 Å². The van der Waals surface area contributed by atoms with Gasteiger partial charge in [0.05, 0.1) is 13.2 Å². The lowest BCUT2D eigenvalue weighted by Crippen LogP contribution is -2.25. The highest BCUT2D eigenvalue weighted by atomic mass is 16.5. The largest absolute Gasteiger partial charge is 0.493 e. The van der Waals surface area contributed by atoms with E-state index in [0.29, 0.717) is 23.6 Å². The molecule has 1 N–H and O–H groups in total. The van der Waals surface area contributed by atoms with E-state index >= 15 is 0 Å². The van der Waals surface area contributed by atoms with Gasteiger partial charge in [-0.25, -0.2) is 0 Å². The van der Waals surface area contributed by atoms with Crippen LogP contribution in [-0.4, -0.2) is 30.6 Å². The molecule has 132 valence electrons. The molecule has 1 aromatic heterocycles. The predicted molar refractivity (Wildman–Crippen MR) is 96.2 cm³/mol. The second-order valence-corrected chi connectivity index (χ2v) is 6.26. The first-order valence-electron chi connectivity index (χ1n) is 8.78. The van der Waals surface area contributed by atoms with E-state index in [4.69, 9.17) is 9.47 Å². The van der Waals surface area contributed by atoms with E-state index in [1.807, 2.05) is 24.4 Å². The van der Waals surface area contributed by atoms with Gasteiger partial charge in [-0.15, -0.1) is 0 Å². The first kappa shape index (κ1) is 17.3. The Morgan fingerprint density at radius 2 is 2.08 bits per heavy atom. The molecule has 0 unspecified atom stereocenters. The molecule has 1 aromatic carbocycles. The lowest BCUT2D eigenvalue weighted by molar-refractivity contribution is 0.0953. The zero-order chi connectivity index (χ0) is 17.5. The maximum Gasteiger partial charge on any atom is 0.251 e. The van der Waals surface area contributed by atoms with Gasteiger partial charge in [0.2, 0.25) is 0 Å². The minimum atomic E-state index is -0.116. The van der Waals surface area contributed by atoms with E-state index in [2.05, 4.69) is 10.3 Å². The summed E-state index contributed by atoms with van der Waals surface area (Å²) in [7, 11) is 1.60. The van der Waals surface area contributed by atoms with Crippen molar-refractivity contribution in [3.63, 3.8) is 0 Å². The van der Waals surface area contributed by atoms with Crippen LogP contribution < -0.4 is 14.8 Å². The van der Waals surface area contributed by atoms with Gasteiger partial charge in [0.15, 0.2) is 11.5 Å². The van der Waals surface area contributed by atoms with Crippen molar-refractivity contribution < 1.29 is 14.3 Å². The van der Waals surface area contributed by atoms with Crippen LogP contribution in [0.5, 0.6) is 11.5 Å². The monoisotopic (exact) mass is 340 g/mol. The zero-order valence-corrected chi connectivity index (χ0v) is 14.5. The van der Waals surface area contributed by atoms with E-state index in [9.17, 15) is 4.79 Å². The third kappa shape index (κ3) is 4.72. The summed E-state index contributed by atoms with van der Waals surface area (Å²) in [6.07, 6.45) is 9.15. The first-order chi connectivity index (χ1) is 12.3. The van der Waals surface area contributed by atoms with Crippen molar-refractivity contribution >= 4 is 5.91 Å². The summed E-state index contributed by atoms with van der Waals surface area (Å²) in [6.45, 7) is 0.563. The van der Waals surface area contributed by atoms with Crippen LogP contribution >= 0.6 is 0 Å². The molecule has 0 bridgehead atoms. The van der Waals surface area contributed by atoms with Crippen molar-refractivity contribution in [2.75, 3.05) is 13.7 Å². The van der Waals surface area contributed by atoms with Gasteiger partial charge in [-0.1, -0.05) is 6.07 Å². The quantitative estimate of drug-likeness (QED) is 0.839. The number of aromatic nitrogens is 1. The summed E-state index contributed by atoms with van der Waals surface area (Å²) in [5, 5.41) is 2.93. The lowest BCUT2D eigenvalue weighted by atomic mass is 10.1. The smallest absolute Gasteiger partial charge is 0.251 e. The van der Waals surface area contributed by atoms with Crippen LogP contribution in [0, 0.1) is 0 Å². The average Bonchev–Trinajstić information content (AvgIpc) is 3.16. The molecule has 1 fully saturated rings. The molecule has 1 heterocycles. The Kier molecular flexibility index (Phi) is 5.88. The average molecular weight is 340 g/mol. The standard InChI is InChI=1S/C20H24N2O3/c1-24-19-13-16(8-9-18(19)25-17-6-2-3-7-17)20(23)22-12-10-15-5-4-11-21-14-15/h4-5,8-9,11,13-14,17H,2-3,6-7,10,12H2,1H3,(H,22,23). The van der Waals surface area contributed by atoms with Crippen molar-refractivity contribution in [3.8, 4) is 11.5 Å². The third-order valence-corrected chi connectivity index (χ3v) is 4.44. The number of amides is 1. The summed E-state index contributed by atoms with van der Waals surface area (Å²) in [6, 6.07) is 9.24. The fourth-order valence-corrected chi connectivity index (χ4v) is 3.06. The molecule has 0 radical (unpaired) electrons. The predicted octanol–water partition coefficient (Wildman–Crippen LogP) is 3.38. The van der Waals surface area contributed by atoms with Gasteiger partial charge < -0.3 is 14.8 Å². The fourth-order valence-electron chi connectivity index (χ4n) is 3.06. The molecule has 5 nitrogen and oxygen atoms in total. The first-order valence-corrected chi connectivity index (χ1v) is 8.78. The second kappa shape index (κ2) is 8.51. The van der Waals surface area contributed by atoms with Gasteiger partial charge in [-0.05, 0) is 61.9 Å². The number of carbonyl (C=O) groups is 1. The van der Waals surface area contributed by atoms with Gasteiger partial charge in [0, 0.05) is 24.5 Å². The topological polar surface area (TPSA) is 60.5 Å². The Morgan fingerprint density at radius 3 is 2.80 bits per heavy atom. The SMILES string of the molecule is COc1cc(C(=O)NCCc2cccnc2)ccc1OC1CCCC1. The Labute approximate surface area is 148 Å². The highest BCUT2D eigenvalue weighted by Crippen LogP contribution is 2.32. The van der Waals surface area contributed by atoms with Crippen LogP contribution in [0.25, 0.3) is 0 Å². The number of nitrogens with one attached hydrogen (secondary N) is 1. The van der Waals surface area contributed by atoms with E-state index < -0.39 is 0 Å². The Hall–Kier alpha value is -2.56. The van der Waals surface area contributed by atoms with Gasteiger partial charge in [0.25, 0.3) is 5.91 Å². The summed E-state index contributed by atoms with van der Waals surface area (Å²) >= 11 is 0. The molecule has 1 aliphatic carbocycles. The minimum absolute atomic E-state index is 0.116. The fraction of sp³-hybridized carbons (Fsp3) is 0.400. The molecule has 2 aromatic rings.